The highest BCUT2D eigenvalue weighted by molar-refractivity contribution is 5.97. The molecule has 1 rings (SSSR count). The van der Waals surface area contributed by atoms with Gasteiger partial charge in [-0.05, 0) is 6.92 Å². The zero-order chi connectivity index (χ0) is 9.35. The highest BCUT2D eigenvalue weighted by Gasteiger charge is 2.45. The molecule has 2 atom stereocenters. The number of carboxylic acid groups (broad SMARTS) is 1. The molecule has 0 bridgehead atoms. The maximum absolute atomic E-state index is 11.1. The van der Waals surface area contributed by atoms with Gasteiger partial charge in [-0.3, -0.25) is 4.79 Å². The predicted octanol–water partition coefficient (Wildman–Crippen LogP) is 0.579. The van der Waals surface area contributed by atoms with Crippen molar-refractivity contribution < 1.29 is 19.4 Å². The maximum atomic E-state index is 11.1. The summed E-state index contributed by atoms with van der Waals surface area (Å²) < 4.78 is 4.91. The van der Waals surface area contributed by atoms with Crippen molar-refractivity contribution in [1.29, 1.82) is 0 Å². The summed E-state index contributed by atoms with van der Waals surface area (Å²) in [4.78, 5) is 21.8. The molecule has 0 aromatic carbocycles. The first-order chi connectivity index (χ1) is 5.48. The number of hydrogen-bond donors (Lipinski definition) is 1. The number of aliphatic carboxylic acids is 1. The molecule has 0 aromatic rings. The summed E-state index contributed by atoms with van der Waals surface area (Å²) in [6.45, 7) is 2.93. The summed E-state index contributed by atoms with van der Waals surface area (Å²) in [5.41, 5.74) is -1.41. The average Bonchev–Trinajstić information content (AvgIpc) is 2.00. The minimum atomic E-state index is -1.41. The molecule has 0 amide bonds. The monoisotopic (exact) mass is 170 g/mol. The molecular weight excluding hydrogens is 160 g/mol. The van der Waals surface area contributed by atoms with Gasteiger partial charge in [-0.1, -0.05) is 6.92 Å². The summed E-state index contributed by atoms with van der Waals surface area (Å²) in [5.74, 6) is -1.97. The molecule has 1 N–H and O–H groups in total. The van der Waals surface area contributed by atoms with Crippen LogP contribution in [0.3, 0.4) is 0 Å². The van der Waals surface area contributed by atoms with Crippen molar-refractivity contribution in [2.45, 2.75) is 19.4 Å². The topological polar surface area (TPSA) is 63.6 Å². The van der Waals surface area contributed by atoms with Gasteiger partial charge in [0.2, 0.25) is 5.60 Å². The van der Waals surface area contributed by atoms with Crippen molar-refractivity contribution in [3.05, 3.63) is 12.3 Å². The molecule has 12 heavy (non-hydrogen) atoms. The smallest absolute Gasteiger partial charge is 0.348 e. The van der Waals surface area contributed by atoms with Crippen LogP contribution < -0.4 is 0 Å². The van der Waals surface area contributed by atoms with E-state index in [4.69, 9.17) is 9.84 Å². The van der Waals surface area contributed by atoms with Crippen molar-refractivity contribution in [1.82, 2.24) is 0 Å². The predicted molar refractivity (Wildman–Crippen MR) is 40.4 cm³/mol. The molecule has 0 fully saturated rings. The Hall–Kier alpha value is -1.32. The number of ketones is 1. The zero-order valence-corrected chi connectivity index (χ0v) is 6.90. The van der Waals surface area contributed by atoms with E-state index >= 15 is 0 Å². The second kappa shape index (κ2) is 2.62. The van der Waals surface area contributed by atoms with Crippen LogP contribution in [0.2, 0.25) is 0 Å². The lowest BCUT2D eigenvalue weighted by molar-refractivity contribution is -0.166. The number of ether oxygens (including phenoxy) is 1. The van der Waals surface area contributed by atoms with Gasteiger partial charge in [0, 0.05) is 6.08 Å². The minimum Gasteiger partial charge on any atom is -0.483 e. The lowest BCUT2D eigenvalue weighted by Crippen LogP contribution is -2.48. The fraction of sp³-hybridized carbons (Fsp3) is 0.500. The highest BCUT2D eigenvalue weighted by atomic mass is 16.5. The van der Waals surface area contributed by atoms with Gasteiger partial charge in [0.25, 0.3) is 0 Å². The summed E-state index contributed by atoms with van der Waals surface area (Å²) in [6.07, 6.45) is 2.38. The third-order valence-corrected chi connectivity index (χ3v) is 2.22. The van der Waals surface area contributed by atoms with E-state index in [0.717, 1.165) is 6.26 Å². The van der Waals surface area contributed by atoms with Gasteiger partial charge < -0.3 is 9.84 Å². The third-order valence-electron chi connectivity index (χ3n) is 2.22. The fourth-order valence-corrected chi connectivity index (χ4v) is 0.996. The molecule has 1 aliphatic rings. The summed E-state index contributed by atoms with van der Waals surface area (Å²) >= 11 is 0. The first-order valence-corrected chi connectivity index (χ1v) is 3.60. The standard InChI is InChI=1S/C8H10O4/c1-5-6(9)3-4-12-8(5,2)7(10)11/h3-5H,1-2H3,(H,10,11). The van der Waals surface area contributed by atoms with Crippen LogP contribution in [0, 0.1) is 5.92 Å². The molecule has 2 unspecified atom stereocenters. The van der Waals surface area contributed by atoms with E-state index in [9.17, 15) is 9.59 Å². The normalized spacial score (nSPS) is 34.5. The van der Waals surface area contributed by atoms with Crippen molar-refractivity contribution >= 4 is 11.8 Å². The van der Waals surface area contributed by atoms with Crippen molar-refractivity contribution in [2.24, 2.45) is 5.92 Å². The molecule has 1 heterocycles. The minimum absolute atomic E-state index is 0.217. The van der Waals surface area contributed by atoms with E-state index in [2.05, 4.69) is 0 Å². The Morgan fingerprint density at radius 1 is 1.75 bits per heavy atom. The fourth-order valence-electron chi connectivity index (χ4n) is 0.996. The maximum Gasteiger partial charge on any atom is 0.348 e. The van der Waals surface area contributed by atoms with E-state index in [1.165, 1.54) is 13.0 Å². The summed E-state index contributed by atoms with van der Waals surface area (Å²) in [5, 5.41) is 8.77. The van der Waals surface area contributed by atoms with E-state index in [1.54, 1.807) is 6.92 Å². The number of hydrogen-bond acceptors (Lipinski definition) is 3. The first kappa shape index (κ1) is 8.77. The van der Waals surface area contributed by atoms with E-state index in [0.29, 0.717) is 0 Å². The van der Waals surface area contributed by atoms with Gasteiger partial charge in [-0.25, -0.2) is 4.79 Å². The summed E-state index contributed by atoms with van der Waals surface area (Å²) in [7, 11) is 0. The largest absolute Gasteiger partial charge is 0.483 e. The van der Waals surface area contributed by atoms with Crippen LogP contribution >= 0.6 is 0 Å². The number of carbonyl (C=O) groups is 2. The van der Waals surface area contributed by atoms with Crippen molar-refractivity contribution in [3.8, 4) is 0 Å². The van der Waals surface area contributed by atoms with E-state index in [-0.39, 0.29) is 5.78 Å². The number of carboxylic acids is 1. The van der Waals surface area contributed by atoms with Crippen LogP contribution in [0.4, 0.5) is 0 Å². The van der Waals surface area contributed by atoms with Crippen LogP contribution in [0.25, 0.3) is 0 Å². The number of allylic oxidation sites excluding steroid dienone is 1. The Morgan fingerprint density at radius 2 is 2.33 bits per heavy atom. The van der Waals surface area contributed by atoms with Crippen LogP contribution in [0.5, 0.6) is 0 Å². The molecule has 1 aliphatic heterocycles. The van der Waals surface area contributed by atoms with Crippen LogP contribution in [-0.2, 0) is 14.3 Å². The molecule has 0 aromatic heterocycles. The van der Waals surface area contributed by atoms with Crippen LogP contribution in [0.1, 0.15) is 13.8 Å². The van der Waals surface area contributed by atoms with Gasteiger partial charge in [0.15, 0.2) is 5.78 Å². The van der Waals surface area contributed by atoms with E-state index < -0.39 is 17.5 Å². The van der Waals surface area contributed by atoms with Gasteiger partial charge in [-0.15, -0.1) is 0 Å². The molecule has 0 saturated heterocycles. The molecule has 66 valence electrons. The molecule has 0 aliphatic carbocycles. The quantitative estimate of drug-likeness (QED) is 0.625. The third kappa shape index (κ3) is 1.09. The second-order valence-electron chi connectivity index (χ2n) is 2.96. The SMILES string of the molecule is CC1C(=O)C=COC1(C)C(=O)O. The second-order valence-corrected chi connectivity index (χ2v) is 2.96. The Labute approximate surface area is 69.8 Å². The average molecular weight is 170 g/mol. The van der Waals surface area contributed by atoms with E-state index in [1.807, 2.05) is 0 Å². The van der Waals surface area contributed by atoms with Gasteiger partial charge in [0.05, 0.1) is 12.2 Å². The van der Waals surface area contributed by atoms with Crippen molar-refractivity contribution in [2.75, 3.05) is 0 Å². The Kier molecular flexibility index (Phi) is 1.92. The lowest BCUT2D eigenvalue weighted by Gasteiger charge is -2.31. The number of rotatable bonds is 1. The number of carbonyl (C=O) groups excluding carboxylic acids is 1. The van der Waals surface area contributed by atoms with Gasteiger partial charge in [0.1, 0.15) is 0 Å². The summed E-state index contributed by atoms with van der Waals surface area (Å²) in [6, 6.07) is 0. The molecule has 0 radical (unpaired) electrons. The molecule has 4 nitrogen and oxygen atoms in total. The molecular formula is C8H10O4. The van der Waals surface area contributed by atoms with Gasteiger partial charge in [-0.2, -0.15) is 0 Å². The highest BCUT2D eigenvalue weighted by Crippen LogP contribution is 2.27. The van der Waals surface area contributed by atoms with Gasteiger partial charge >= 0.3 is 5.97 Å². The molecule has 0 saturated carbocycles. The Bertz CT molecular complexity index is 256. The molecule has 0 spiro atoms. The molecule has 4 heteroatoms. The van der Waals surface area contributed by atoms with Crippen LogP contribution in [-0.4, -0.2) is 22.5 Å². The Balaban J connectivity index is 3.00. The Morgan fingerprint density at radius 3 is 2.75 bits per heavy atom. The lowest BCUT2D eigenvalue weighted by atomic mass is 9.86. The zero-order valence-electron chi connectivity index (χ0n) is 6.90. The van der Waals surface area contributed by atoms with Crippen molar-refractivity contribution in [3.63, 3.8) is 0 Å². The van der Waals surface area contributed by atoms with Crippen LogP contribution in [0.15, 0.2) is 12.3 Å². The first-order valence-electron chi connectivity index (χ1n) is 3.60.